The van der Waals surface area contributed by atoms with Crippen LogP contribution in [0.15, 0.2) is 0 Å². The van der Waals surface area contributed by atoms with Gasteiger partial charge in [-0.15, -0.1) is 0 Å². The molecule has 2 atom stereocenters. The molecule has 2 rings (SSSR count). The van der Waals surface area contributed by atoms with Gasteiger partial charge in [-0.2, -0.15) is 0 Å². The van der Waals surface area contributed by atoms with Crippen molar-refractivity contribution in [2.75, 3.05) is 19.6 Å². The average Bonchev–Trinajstić information content (AvgIpc) is 2.69. The lowest BCUT2D eigenvalue weighted by Gasteiger charge is -2.26. The van der Waals surface area contributed by atoms with E-state index in [1.165, 1.54) is 45.3 Å². The van der Waals surface area contributed by atoms with E-state index in [2.05, 4.69) is 11.8 Å². The fourth-order valence-corrected chi connectivity index (χ4v) is 2.13. The van der Waals surface area contributed by atoms with Crippen LogP contribution in [0.25, 0.3) is 0 Å². The van der Waals surface area contributed by atoms with Gasteiger partial charge >= 0.3 is 0 Å². The third kappa shape index (κ3) is 1.96. The van der Waals surface area contributed by atoms with Crippen molar-refractivity contribution < 1.29 is 0 Å². The number of nitrogens with zero attached hydrogens (tertiary/aromatic N) is 1. The standard InChI is InChI=1S/C10H19N/c1-9-7-10(9)8-11-5-3-2-4-6-11/h9-10H,2-8H2,1H3. The Hall–Kier alpha value is -0.0400. The highest BCUT2D eigenvalue weighted by Gasteiger charge is 2.33. The summed E-state index contributed by atoms with van der Waals surface area (Å²) < 4.78 is 0. The lowest BCUT2D eigenvalue weighted by molar-refractivity contribution is 0.217. The summed E-state index contributed by atoms with van der Waals surface area (Å²) in [5.74, 6) is 2.10. The molecule has 11 heavy (non-hydrogen) atoms. The monoisotopic (exact) mass is 153 g/mol. The lowest BCUT2D eigenvalue weighted by Crippen LogP contribution is -2.31. The molecule has 0 N–H and O–H groups in total. The normalized spacial score (nSPS) is 39.0. The van der Waals surface area contributed by atoms with Crippen LogP contribution in [-0.4, -0.2) is 24.5 Å². The Morgan fingerprint density at radius 2 is 1.82 bits per heavy atom. The highest BCUT2D eigenvalue weighted by Crippen LogP contribution is 2.38. The molecular weight excluding hydrogens is 134 g/mol. The van der Waals surface area contributed by atoms with Crippen molar-refractivity contribution in [3.8, 4) is 0 Å². The summed E-state index contributed by atoms with van der Waals surface area (Å²) in [6, 6.07) is 0. The Labute approximate surface area is 69.8 Å². The summed E-state index contributed by atoms with van der Waals surface area (Å²) in [5.41, 5.74) is 0. The van der Waals surface area contributed by atoms with Gasteiger partial charge < -0.3 is 4.90 Å². The fourth-order valence-electron chi connectivity index (χ4n) is 2.13. The smallest absolute Gasteiger partial charge is 0.00123 e. The second-order valence-corrected chi connectivity index (χ2v) is 4.33. The maximum Gasteiger partial charge on any atom is 0.00123 e. The number of rotatable bonds is 2. The molecule has 1 heteroatoms. The molecule has 0 aromatic heterocycles. The first kappa shape index (κ1) is 7.60. The van der Waals surface area contributed by atoms with Crippen LogP contribution in [0.4, 0.5) is 0 Å². The highest BCUT2D eigenvalue weighted by atomic mass is 15.1. The van der Waals surface area contributed by atoms with E-state index < -0.39 is 0 Å². The second-order valence-electron chi connectivity index (χ2n) is 4.33. The first-order valence-corrected chi connectivity index (χ1v) is 5.08. The van der Waals surface area contributed by atoms with Crippen molar-refractivity contribution in [3.05, 3.63) is 0 Å². The van der Waals surface area contributed by atoms with E-state index in [4.69, 9.17) is 0 Å². The van der Waals surface area contributed by atoms with Gasteiger partial charge in [0.2, 0.25) is 0 Å². The Bertz CT molecular complexity index is 127. The van der Waals surface area contributed by atoms with E-state index >= 15 is 0 Å². The summed E-state index contributed by atoms with van der Waals surface area (Å²) in [5, 5.41) is 0. The summed E-state index contributed by atoms with van der Waals surface area (Å²) in [6.45, 7) is 6.54. The summed E-state index contributed by atoms with van der Waals surface area (Å²) in [4.78, 5) is 2.66. The Kier molecular flexibility index (Phi) is 2.17. The number of likely N-dealkylation sites (tertiary alicyclic amines) is 1. The van der Waals surface area contributed by atoms with Crippen molar-refractivity contribution in [1.29, 1.82) is 0 Å². The molecule has 2 aliphatic rings. The van der Waals surface area contributed by atoms with E-state index in [1.54, 1.807) is 0 Å². The zero-order valence-electron chi connectivity index (χ0n) is 7.55. The van der Waals surface area contributed by atoms with E-state index in [1.807, 2.05) is 0 Å². The zero-order chi connectivity index (χ0) is 7.68. The zero-order valence-corrected chi connectivity index (χ0v) is 7.55. The molecule has 0 amide bonds. The molecule has 1 saturated carbocycles. The molecule has 0 bridgehead atoms. The van der Waals surface area contributed by atoms with E-state index in [0.29, 0.717) is 0 Å². The van der Waals surface area contributed by atoms with Crippen molar-refractivity contribution in [2.45, 2.75) is 32.6 Å². The van der Waals surface area contributed by atoms with Gasteiger partial charge in [0.05, 0.1) is 0 Å². The molecule has 1 nitrogen and oxygen atoms in total. The van der Waals surface area contributed by atoms with Gasteiger partial charge in [-0.25, -0.2) is 0 Å². The van der Waals surface area contributed by atoms with E-state index in [0.717, 1.165) is 11.8 Å². The predicted octanol–water partition coefficient (Wildman–Crippen LogP) is 2.13. The minimum Gasteiger partial charge on any atom is -0.303 e. The van der Waals surface area contributed by atoms with Crippen LogP contribution in [0.3, 0.4) is 0 Å². The number of hydrogen-bond donors (Lipinski definition) is 0. The van der Waals surface area contributed by atoms with Gasteiger partial charge in [-0.05, 0) is 44.2 Å². The Morgan fingerprint density at radius 1 is 1.18 bits per heavy atom. The molecule has 0 aromatic rings. The van der Waals surface area contributed by atoms with Crippen molar-refractivity contribution >= 4 is 0 Å². The van der Waals surface area contributed by atoms with Gasteiger partial charge in [0.1, 0.15) is 0 Å². The Balaban J connectivity index is 1.68. The van der Waals surface area contributed by atoms with Crippen LogP contribution in [0, 0.1) is 11.8 Å². The quantitative estimate of drug-likeness (QED) is 0.587. The third-order valence-electron chi connectivity index (χ3n) is 3.22. The molecule has 2 unspecified atom stereocenters. The maximum absolute atomic E-state index is 2.66. The first-order valence-electron chi connectivity index (χ1n) is 5.08. The summed E-state index contributed by atoms with van der Waals surface area (Å²) in [6.07, 6.45) is 5.86. The minimum atomic E-state index is 1.04. The molecule has 64 valence electrons. The van der Waals surface area contributed by atoms with Crippen LogP contribution in [-0.2, 0) is 0 Å². The molecule has 1 saturated heterocycles. The molecule has 0 aromatic carbocycles. The summed E-state index contributed by atoms with van der Waals surface area (Å²) >= 11 is 0. The molecule has 2 fully saturated rings. The van der Waals surface area contributed by atoms with Gasteiger partial charge in [-0.3, -0.25) is 0 Å². The second kappa shape index (κ2) is 3.14. The SMILES string of the molecule is CC1CC1CN1CCCCC1. The predicted molar refractivity (Wildman–Crippen MR) is 47.6 cm³/mol. The van der Waals surface area contributed by atoms with E-state index in [9.17, 15) is 0 Å². The van der Waals surface area contributed by atoms with Crippen LogP contribution in [0.5, 0.6) is 0 Å². The van der Waals surface area contributed by atoms with Crippen LogP contribution >= 0.6 is 0 Å². The van der Waals surface area contributed by atoms with Gasteiger partial charge in [0, 0.05) is 6.54 Å². The van der Waals surface area contributed by atoms with Crippen molar-refractivity contribution in [3.63, 3.8) is 0 Å². The average molecular weight is 153 g/mol. The first-order chi connectivity index (χ1) is 5.36. The largest absolute Gasteiger partial charge is 0.303 e. The van der Waals surface area contributed by atoms with Crippen LogP contribution in [0.1, 0.15) is 32.6 Å². The van der Waals surface area contributed by atoms with Crippen molar-refractivity contribution in [1.82, 2.24) is 4.90 Å². The highest BCUT2D eigenvalue weighted by molar-refractivity contribution is 4.85. The van der Waals surface area contributed by atoms with Gasteiger partial charge in [0.25, 0.3) is 0 Å². The van der Waals surface area contributed by atoms with Crippen LogP contribution < -0.4 is 0 Å². The number of hydrogen-bond acceptors (Lipinski definition) is 1. The topological polar surface area (TPSA) is 3.24 Å². The fraction of sp³-hybridized carbons (Fsp3) is 1.00. The molecule has 1 aliphatic heterocycles. The van der Waals surface area contributed by atoms with E-state index in [-0.39, 0.29) is 0 Å². The van der Waals surface area contributed by atoms with Gasteiger partial charge in [0.15, 0.2) is 0 Å². The third-order valence-corrected chi connectivity index (χ3v) is 3.22. The maximum atomic E-state index is 2.66. The molecule has 0 spiro atoms. The minimum absolute atomic E-state index is 1.04. The molecule has 0 radical (unpaired) electrons. The number of piperidine rings is 1. The van der Waals surface area contributed by atoms with Crippen LogP contribution in [0.2, 0.25) is 0 Å². The van der Waals surface area contributed by atoms with Gasteiger partial charge in [-0.1, -0.05) is 13.3 Å². The molecule has 1 heterocycles. The lowest BCUT2D eigenvalue weighted by atomic mass is 10.1. The summed E-state index contributed by atoms with van der Waals surface area (Å²) in [7, 11) is 0. The Morgan fingerprint density at radius 3 is 2.36 bits per heavy atom. The molecule has 1 aliphatic carbocycles. The molecular formula is C10H19N. The van der Waals surface area contributed by atoms with Crippen molar-refractivity contribution in [2.24, 2.45) is 11.8 Å².